The van der Waals surface area contributed by atoms with Crippen molar-refractivity contribution >= 4 is 23.1 Å². The van der Waals surface area contributed by atoms with Gasteiger partial charge in [-0.15, -0.1) is 23.1 Å². The van der Waals surface area contributed by atoms with Gasteiger partial charge in [0, 0.05) is 41.0 Å². The smallest absolute Gasteiger partial charge is 0.114 e. The van der Waals surface area contributed by atoms with Gasteiger partial charge in [0.2, 0.25) is 0 Å². The Balaban J connectivity index is 1.61. The van der Waals surface area contributed by atoms with Crippen LogP contribution in [0.2, 0.25) is 0 Å². The molecule has 5 heteroatoms. The van der Waals surface area contributed by atoms with E-state index in [0.717, 1.165) is 23.9 Å². The fraction of sp³-hybridized carbons (Fsp3) is 0.333. The Kier molecular flexibility index (Phi) is 4.97. The lowest BCUT2D eigenvalue weighted by Gasteiger charge is -2.02. The molecular weight excluding hydrogens is 250 g/mol. The molecule has 0 saturated carbocycles. The zero-order chi connectivity index (χ0) is 11.9. The van der Waals surface area contributed by atoms with Crippen LogP contribution in [0.3, 0.4) is 0 Å². The highest BCUT2D eigenvalue weighted by Crippen LogP contribution is 2.15. The largest absolute Gasteiger partial charge is 0.311 e. The number of hydrogen-bond donors (Lipinski definition) is 1. The summed E-state index contributed by atoms with van der Waals surface area (Å²) in [5, 5.41) is 4.41. The second kappa shape index (κ2) is 6.74. The summed E-state index contributed by atoms with van der Waals surface area (Å²) >= 11 is 3.58. The topological polar surface area (TPSA) is 37.8 Å². The molecule has 2 rings (SSSR count). The van der Waals surface area contributed by atoms with Crippen LogP contribution in [0, 0.1) is 6.92 Å². The molecule has 3 nitrogen and oxygen atoms in total. The maximum Gasteiger partial charge on any atom is 0.114 e. The van der Waals surface area contributed by atoms with Crippen LogP contribution in [0.25, 0.3) is 0 Å². The third kappa shape index (κ3) is 4.46. The van der Waals surface area contributed by atoms with E-state index in [2.05, 4.69) is 34.3 Å². The number of thioether (sulfide) groups is 1. The van der Waals surface area contributed by atoms with Crippen LogP contribution < -0.4 is 5.32 Å². The minimum atomic E-state index is 0.958. The summed E-state index contributed by atoms with van der Waals surface area (Å²) in [7, 11) is 0. The van der Waals surface area contributed by atoms with Crippen LogP contribution in [-0.4, -0.2) is 22.3 Å². The molecule has 0 aromatic carbocycles. The standard InChI is InChI=1S/C12H15N3S2/c1-10-2-3-11(17-10)8-14-6-7-16-12-9-13-4-5-15-12/h2-5,9,14H,6-8H2,1H3. The molecule has 0 atom stereocenters. The first-order valence-electron chi connectivity index (χ1n) is 5.49. The predicted octanol–water partition coefficient (Wildman–Crippen LogP) is 2.73. The first-order chi connectivity index (χ1) is 8.34. The van der Waals surface area contributed by atoms with Gasteiger partial charge < -0.3 is 5.32 Å². The maximum absolute atomic E-state index is 4.21. The van der Waals surface area contributed by atoms with Gasteiger partial charge in [-0.2, -0.15) is 0 Å². The Morgan fingerprint density at radius 3 is 3.00 bits per heavy atom. The van der Waals surface area contributed by atoms with E-state index in [1.807, 2.05) is 11.3 Å². The molecule has 2 aromatic heterocycles. The van der Waals surface area contributed by atoms with Crippen LogP contribution in [0.5, 0.6) is 0 Å². The molecule has 0 aliphatic heterocycles. The highest BCUT2D eigenvalue weighted by Gasteiger charge is 1.97. The molecule has 0 unspecified atom stereocenters. The lowest BCUT2D eigenvalue weighted by molar-refractivity contribution is 0.740. The third-order valence-corrected chi connectivity index (χ3v) is 4.08. The van der Waals surface area contributed by atoms with Crippen LogP contribution in [0.1, 0.15) is 9.75 Å². The highest BCUT2D eigenvalue weighted by atomic mass is 32.2. The van der Waals surface area contributed by atoms with Gasteiger partial charge in [0.1, 0.15) is 5.03 Å². The van der Waals surface area contributed by atoms with Gasteiger partial charge in [0.25, 0.3) is 0 Å². The molecule has 0 aliphatic carbocycles. The van der Waals surface area contributed by atoms with Gasteiger partial charge in [-0.05, 0) is 19.1 Å². The molecule has 2 heterocycles. The predicted molar refractivity (Wildman–Crippen MR) is 73.5 cm³/mol. The molecule has 0 bridgehead atoms. The molecule has 1 N–H and O–H groups in total. The summed E-state index contributed by atoms with van der Waals surface area (Å²) in [4.78, 5) is 11.0. The van der Waals surface area contributed by atoms with Crippen molar-refractivity contribution in [2.45, 2.75) is 18.5 Å². The molecule has 0 radical (unpaired) electrons. The average Bonchev–Trinajstić information content (AvgIpc) is 2.76. The van der Waals surface area contributed by atoms with Gasteiger partial charge in [0.15, 0.2) is 0 Å². The summed E-state index contributed by atoms with van der Waals surface area (Å²) in [5.74, 6) is 1.02. The van der Waals surface area contributed by atoms with E-state index in [9.17, 15) is 0 Å². The Morgan fingerprint density at radius 2 is 2.29 bits per heavy atom. The summed E-state index contributed by atoms with van der Waals surface area (Å²) in [5.41, 5.74) is 0. The van der Waals surface area contributed by atoms with Crippen molar-refractivity contribution in [1.82, 2.24) is 15.3 Å². The maximum atomic E-state index is 4.21. The first-order valence-corrected chi connectivity index (χ1v) is 7.29. The second-order valence-corrected chi connectivity index (χ2v) is 6.07. The van der Waals surface area contributed by atoms with Crippen LogP contribution in [-0.2, 0) is 6.54 Å². The number of aromatic nitrogens is 2. The fourth-order valence-corrected chi connectivity index (χ4v) is 2.97. The summed E-state index contributed by atoms with van der Waals surface area (Å²) in [6, 6.07) is 4.35. The quantitative estimate of drug-likeness (QED) is 0.644. The average molecular weight is 265 g/mol. The van der Waals surface area contributed by atoms with Crippen LogP contribution in [0.15, 0.2) is 35.7 Å². The SMILES string of the molecule is Cc1ccc(CNCCSc2cnccn2)s1. The monoisotopic (exact) mass is 265 g/mol. The van der Waals surface area contributed by atoms with Crippen LogP contribution in [0.4, 0.5) is 0 Å². The lowest BCUT2D eigenvalue weighted by atomic mass is 10.4. The van der Waals surface area contributed by atoms with E-state index >= 15 is 0 Å². The van der Waals surface area contributed by atoms with E-state index in [1.54, 1.807) is 30.4 Å². The Hall–Kier alpha value is -0.910. The van der Waals surface area contributed by atoms with Crippen molar-refractivity contribution in [1.29, 1.82) is 0 Å². The second-order valence-electron chi connectivity index (χ2n) is 3.58. The van der Waals surface area contributed by atoms with Gasteiger partial charge in [-0.3, -0.25) is 4.98 Å². The molecule has 0 aliphatic rings. The number of nitrogens with zero attached hydrogens (tertiary/aromatic N) is 2. The zero-order valence-electron chi connectivity index (χ0n) is 9.72. The minimum absolute atomic E-state index is 0.958. The van der Waals surface area contributed by atoms with Crippen LogP contribution >= 0.6 is 23.1 Å². The van der Waals surface area contributed by atoms with Gasteiger partial charge in [-0.1, -0.05) is 0 Å². The molecule has 2 aromatic rings. The molecule has 0 fully saturated rings. The zero-order valence-corrected chi connectivity index (χ0v) is 11.4. The molecule has 17 heavy (non-hydrogen) atoms. The van der Waals surface area contributed by atoms with Crippen molar-refractivity contribution in [3.05, 3.63) is 40.5 Å². The number of aryl methyl sites for hydroxylation is 1. The van der Waals surface area contributed by atoms with E-state index in [4.69, 9.17) is 0 Å². The Labute approximate surface area is 110 Å². The van der Waals surface area contributed by atoms with Crippen molar-refractivity contribution < 1.29 is 0 Å². The Bertz CT molecular complexity index is 442. The molecule has 0 spiro atoms. The summed E-state index contributed by atoms with van der Waals surface area (Å²) in [6.07, 6.45) is 5.22. The van der Waals surface area contributed by atoms with Gasteiger partial charge in [0.05, 0.1) is 6.20 Å². The Morgan fingerprint density at radius 1 is 1.35 bits per heavy atom. The van der Waals surface area contributed by atoms with E-state index in [0.29, 0.717) is 0 Å². The van der Waals surface area contributed by atoms with Crippen molar-refractivity contribution in [3.8, 4) is 0 Å². The van der Waals surface area contributed by atoms with Crippen molar-refractivity contribution in [2.75, 3.05) is 12.3 Å². The lowest BCUT2D eigenvalue weighted by Crippen LogP contribution is -2.15. The van der Waals surface area contributed by atoms with Gasteiger partial charge in [-0.25, -0.2) is 4.98 Å². The normalized spacial score (nSPS) is 10.6. The fourth-order valence-electron chi connectivity index (χ4n) is 1.38. The number of nitrogens with one attached hydrogen (secondary N) is 1. The van der Waals surface area contributed by atoms with E-state index < -0.39 is 0 Å². The van der Waals surface area contributed by atoms with E-state index in [-0.39, 0.29) is 0 Å². The summed E-state index contributed by atoms with van der Waals surface area (Å²) in [6.45, 7) is 4.08. The molecular formula is C12H15N3S2. The first kappa shape index (κ1) is 12.5. The van der Waals surface area contributed by atoms with E-state index in [1.165, 1.54) is 9.75 Å². The van der Waals surface area contributed by atoms with Gasteiger partial charge >= 0.3 is 0 Å². The molecule has 0 saturated heterocycles. The minimum Gasteiger partial charge on any atom is -0.311 e. The van der Waals surface area contributed by atoms with Crippen molar-refractivity contribution in [3.63, 3.8) is 0 Å². The number of hydrogen-bond acceptors (Lipinski definition) is 5. The molecule has 0 amide bonds. The molecule has 90 valence electrons. The number of rotatable bonds is 6. The summed E-state index contributed by atoms with van der Waals surface area (Å²) < 4.78 is 0. The highest BCUT2D eigenvalue weighted by molar-refractivity contribution is 7.99. The number of thiophene rings is 1. The third-order valence-electron chi connectivity index (χ3n) is 2.16. The van der Waals surface area contributed by atoms with Crippen molar-refractivity contribution in [2.24, 2.45) is 0 Å².